The Morgan fingerprint density at radius 2 is 0.488 bits per heavy atom. The third-order valence-corrected chi connectivity index (χ3v) is 15.3. The van der Waals surface area contributed by atoms with Crippen molar-refractivity contribution in [2.75, 3.05) is 13.2 Å². The van der Waals surface area contributed by atoms with Crippen molar-refractivity contribution in [1.82, 2.24) is 0 Å². The summed E-state index contributed by atoms with van der Waals surface area (Å²) in [5.74, 6) is -0.940. The molecule has 0 amide bonds. The summed E-state index contributed by atoms with van der Waals surface area (Å²) in [5, 5.41) is 0. The van der Waals surface area contributed by atoms with E-state index < -0.39 is 6.10 Å². The highest BCUT2D eigenvalue weighted by atomic mass is 16.6. The second-order valence-corrected chi connectivity index (χ2v) is 23.4. The van der Waals surface area contributed by atoms with E-state index in [1.54, 1.807) is 0 Å². The van der Waals surface area contributed by atoms with Gasteiger partial charge in [-0.05, 0) is 96.3 Å². The average Bonchev–Trinajstić information content (AvgIpc) is 3.47. The molecule has 6 heteroatoms. The molecule has 1 unspecified atom stereocenters. The minimum atomic E-state index is -0.809. The van der Waals surface area contributed by atoms with Crippen molar-refractivity contribution in [3.8, 4) is 0 Å². The van der Waals surface area contributed by atoms with E-state index in [2.05, 4.69) is 118 Å². The number of hydrogen-bond donors (Lipinski definition) is 0. The van der Waals surface area contributed by atoms with Crippen LogP contribution in [-0.4, -0.2) is 37.2 Å². The van der Waals surface area contributed by atoms with Crippen LogP contribution < -0.4 is 0 Å². The van der Waals surface area contributed by atoms with E-state index >= 15 is 0 Å². The number of carbonyl (C=O) groups is 3. The zero-order valence-corrected chi connectivity index (χ0v) is 54.2. The summed E-state index contributed by atoms with van der Waals surface area (Å²) in [6.45, 7) is 6.53. The topological polar surface area (TPSA) is 78.9 Å². The molecular formula is C76H132O6. The monoisotopic (exact) mass is 1140 g/mol. The van der Waals surface area contributed by atoms with E-state index in [1.165, 1.54) is 212 Å². The Morgan fingerprint density at radius 3 is 0.793 bits per heavy atom. The first-order valence-corrected chi connectivity index (χ1v) is 35.2. The van der Waals surface area contributed by atoms with Gasteiger partial charge in [-0.25, -0.2) is 0 Å². The van der Waals surface area contributed by atoms with Crippen molar-refractivity contribution in [1.29, 1.82) is 0 Å². The molecule has 1 atom stereocenters. The maximum absolute atomic E-state index is 12.9. The molecule has 0 aromatic carbocycles. The van der Waals surface area contributed by atoms with Crippen LogP contribution in [-0.2, 0) is 28.6 Å². The number of allylic oxidation sites excluding steroid dienone is 16. The van der Waals surface area contributed by atoms with Crippen LogP contribution in [0, 0.1) is 0 Å². The van der Waals surface area contributed by atoms with Gasteiger partial charge in [0, 0.05) is 19.3 Å². The standard InChI is InChI=1S/C76H132O6/c1-4-7-10-13-16-19-22-25-28-31-33-35-37-38-40-41-43-45-48-51-54-57-60-63-66-69-75(78)81-72-73(71-80-74(77)68-65-62-59-56-53-50-47-30-27-24-21-18-15-12-9-6-3)82-76(79)70-67-64-61-58-55-52-49-46-44-42-39-36-34-32-29-26-23-20-17-14-11-8-5-2/h8,11,17,20,26,29,31,33-34,36,42,44,49,52,58,61,73H,4-7,9-10,12-16,18-19,21-25,27-28,30,32,35,37-41,43,45-48,50-51,53-57,59-60,62-72H2,1-3H3/b11-8-,20-17-,29-26-,33-31-,36-34-,44-42-,52-49-,61-58-. The molecule has 0 aromatic heterocycles. The number of hydrogen-bond acceptors (Lipinski definition) is 6. The predicted molar refractivity (Wildman–Crippen MR) is 357 cm³/mol. The van der Waals surface area contributed by atoms with Gasteiger partial charge < -0.3 is 14.2 Å². The summed E-state index contributed by atoms with van der Waals surface area (Å²) in [6, 6.07) is 0. The van der Waals surface area contributed by atoms with Crippen molar-refractivity contribution in [3.05, 3.63) is 97.2 Å². The van der Waals surface area contributed by atoms with E-state index in [9.17, 15) is 14.4 Å². The highest BCUT2D eigenvalue weighted by Gasteiger charge is 2.19. The van der Waals surface area contributed by atoms with Crippen molar-refractivity contribution in [3.63, 3.8) is 0 Å². The molecule has 0 rings (SSSR count). The molecule has 0 aliphatic rings. The lowest BCUT2D eigenvalue weighted by Gasteiger charge is -2.18. The molecule has 0 heterocycles. The number of unbranched alkanes of at least 4 members (excludes halogenated alkanes) is 37. The minimum absolute atomic E-state index is 0.0973. The van der Waals surface area contributed by atoms with Crippen LogP contribution in [0.5, 0.6) is 0 Å². The summed E-state index contributed by atoms with van der Waals surface area (Å²) in [7, 11) is 0. The Balaban J connectivity index is 4.41. The molecule has 0 bridgehead atoms. The fraction of sp³-hybridized carbons (Fsp3) is 0.750. The first-order valence-electron chi connectivity index (χ1n) is 35.2. The molecule has 0 N–H and O–H groups in total. The fourth-order valence-electron chi connectivity index (χ4n) is 10.1. The number of rotatable bonds is 64. The highest BCUT2D eigenvalue weighted by molar-refractivity contribution is 5.71. The van der Waals surface area contributed by atoms with Gasteiger partial charge in [0.25, 0.3) is 0 Å². The van der Waals surface area contributed by atoms with Gasteiger partial charge in [-0.2, -0.15) is 0 Å². The van der Waals surface area contributed by atoms with Crippen LogP contribution >= 0.6 is 0 Å². The highest BCUT2D eigenvalue weighted by Crippen LogP contribution is 2.17. The summed E-state index contributed by atoms with van der Waals surface area (Å²) in [5.41, 5.74) is 0. The third kappa shape index (κ3) is 67.1. The van der Waals surface area contributed by atoms with Crippen LogP contribution in [0.4, 0.5) is 0 Å². The smallest absolute Gasteiger partial charge is 0.306 e. The number of esters is 3. The second kappa shape index (κ2) is 69.8. The molecule has 6 nitrogen and oxygen atoms in total. The molecule has 472 valence electrons. The number of ether oxygens (including phenoxy) is 3. The molecule has 0 fully saturated rings. The fourth-order valence-corrected chi connectivity index (χ4v) is 10.1. The van der Waals surface area contributed by atoms with E-state index in [0.29, 0.717) is 19.3 Å². The van der Waals surface area contributed by atoms with Gasteiger partial charge in [-0.15, -0.1) is 0 Å². The Morgan fingerprint density at radius 1 is 0.256 bits per heavy atom. The van der Waals surface area contributed by atoms with Gasteiger partial charge in [0.2, 0.25) is 0 Å². The van der Waals surface area contributed by atoms with Crippen LogP contribution in [0.3, 0.4) is 0 Å². The largest absolute Gasteiger partial charge is 0.462 e. The SMILES string of the molecule is CC/C=C\C/C=C\C/C=C\C/C=C\C/C=C\C/C=C\C/C=C\CCCC(=O)OC(COC(=O)CCCCCCCCCCCCCCC/C=C\CCCCCCCCCC)COC(=O)CCCCCCCCCCCCCCCCCC. The first-order chi connectivity index (χ1) is 40.5. The second-order valence-electron chi connectivity index (χ2n) is 23.4. The molecule has 0 saturated carbocycles. The van der Waals surface area contributed by atoms with Gasteiger partial charge in [0.15, 0.2) is 6.10 Å². The molecule has 0 aromatic rings. The van der Waals surface area contributed by atoms with E-state index in [0.717, 1.165) is 89.9 Å². The average molecular weight is 1140 g/mol. The summed E-state index contributed by atoms with van der Waals surface area (Å²) < 4.78 is 16.9. The van der Waals surface area contributed by atoms with E-state index in [4.69, 9.17) is 14.2 Å². The predicted octanol–water partition coefficient (Wildman–Crippen LogP) is 24.4. The van der Waals surface area contributed by atoms with Gasteiger partial charge in [-0.1, -0.05) is 330 Å². The molecule has 0 saturated heterocycles. The van der Waals surface area contributed by atoms with Crippen LogP contribution in [0.25, 0.3) is 0 Å². The van der Waals surface area contributed by atoms with Crippen molar-refractivity contribution >= 4 is 17.9 Å². The van der Waals surface area contributed by atoms with Crippen LogP contribution in [0.2, 0.25) is 0 Å². The van der Waals surface area contributed by atoms with Crippen molar-refractivity contribution < 1.29 is 28.6 Å². The summed E-state index contributed by atoms with van der Waals surface area (Å²) in [6.07, 6.45) is 94.4. The zero-order chi connectivity index (χ0) is 59.2. The Kier molecular flexibility index (Phi) is 66.7. The van der Waals surface area contributed by atoms with Gasteiger partial charge in [0.1, 0.15) is 13.2 Å². The van der Waals surface area contributed by atoms with Crippen LogP contribution in [0.15, 0.2) is 97.2 Å². The maximum Gasteiger partial charge on any atom is 0.306 e. The quantitative estimate of drug-likeness (QED) is 0.0261. The molecular weight excluding hydrogens is 1010 g/mol. The van der Waals surface area contributed by atoms with Crippen molar-refractivity contribution in [2.45, 2.75) is 354 Å². The normalized spacial score (nSPS) is 12.7. The molecule has 0 aliphatic carbocycles. The first kappa shape index (κ1) is 78.3. The van der Waals surface area contributed by atoms with Gasteiger partial charge in [0.05, 0.1) is 0 Å². The molecule has 0 spiro atoms. The Hall–Kier alpha value is -3.67. The summed E-state index contributed by atoms with van der Waals surface area (Å²) >= 11 is 0. The Labute approximate surface area is 508 Å². The lowest BCUT2D eigenvalue weighted by Crippen LogP contribution is -2.30. The minimum Gasteiger partial charge on any atom is -0.462 e. The van der Waals surface area contributed by atoms with Gasteiger partial charge >= 0.3 is 17.9 Å². The van der Waals surface area contributed by atoms with Gasteiger partial charge in [-0.3, -0.25) is 14.4 Å². The lowest BCUT2D eigenvalue weighted by molar-refractivity contribution is -0.167. The zero-order valence-electron chi connectivity index (χ0n) is 54.2. The molecule has 0 aliphatic heterocycles. The maximum atomic E-state index is 12.9. The number of carbonyl (C=O) groups excluding carboxylic acids is 3. The lowest BCUT2D eigenvalue weighted by atomic mass is 10.0. The van der Waals surface area contributed by atoms with Crippen LogP contribution in [0.1, 0.15) is 348 Å². The molecule has 82 heavy (non-hydrogen) atoms. The van der Waals surface area contributed by atoms with E-state index in [-0.39, 0.29) is 37.5 Å². The van der Waals surface area contributed by atoms with Crippen molar-refractivity contribution in [2.24, 2.45) is 0 Å². The van der Waals surface area contributed by atoms with E-state index in [1.807, 2.05) is 0 Å². The third-order valence-electron chi connectivity index (χ3n) is 15.3. The summed E-state index contributed by atoms with van der Waals surface area (Å²) in [4.78, 5) is 38.4. The Bertz CT molecular complexity index is 1590. The molecule has 0 radical (unpaired) electrons.